The van der Waals surface area contributed by atoms with E-state index >= 15 is 0 Å². The van der Waals surface area contributed by atoms with Crippen molar-refractivity contribution in [3.8, 4) is 0 Å². The number of esters is 1. The lowest BCUT2D eigenvalue weighted by Gasteiger charge is -2.10. The first-order valence-electron chi connectivity index (χ1n) is 8.83. The molecule has 0 spiro atoms. The average molecular weight is 432 g/mol. The Kier molecular flexibility index (Phi) is 8.83. The van der Waals surface area contributed by atoms with Gasteiger partial charge in [0, 0.05) is 21.7 Å². The first kappa shape index (κ1) is 22.9. The summed E-state index contributed by atoms with van der Waals surface area (Å²) < 4.78 is 4.78. The molecule has 0 aliphatic heterocycles. The number of ether oxygens (including phenoxy) is 1. The zero-order chi connectivity index (χ0) is 21.9. The Morgan fingerprint density at radius 2 is 1.53 bits per heavy atom. The van der Waals surface area contributed by atoms with Crippen molar-refractivity contribution in [3.63, 3.8) is 0 Å². The fourth-order valence-corrected chi connectivity index (χ4v) is 2.66. The van der Waals surface area contributed by atoms with E-state index in [-0.39, 0.29) is 12.3 Å². The van der Waals surface area contributed by atoms with Gasteiger partial charge in [-0.15, -0.1) is 0 Å². The smallest absolute Gasteiger partial charge is 0.360 e. The van der Waals surface area contributed by atoms with Crippen LogP contribution in [-0.4, -0.2) is 44.4 Å². The number of carbonyl (C=O) groups is 1. The highest BCUT2D eigenvalue weighted by Gasteiger charge is 2.19. The summed E-state index contributed by atoms with van der Waals surface area (Å²) in [6.45, 7) is 1.82. The van der Waals surface area contributed by atoms with Crippen LogP contribution in [0.5, 0.6) is 0 Å². The predicted molar refractivity (Wildman–Crippen MR) is 115 cm³/mol. The maximum absolute atomic E-state index is 12.0. The van der Waals surface area contributed by atoms with Crippen molar-refractivity contribution in [2.24, 2.45) is 15.5 Å². The topological polar surface area (TPSA) is 91.1 Å². The van der Waals surface area contributed by atoms with Crippen LogP contribution in [0.3, 0.4) is 0 Å². The minimum atomic E-state index is -0.624. The molecule has 0 bridgehead atoms. The molecule has 9 heteroatoms. The van der Waals surface area contributed by atoms with Crippen LogP contribution in [0.1, 0.15) is 23.6 Å². The van der Waals surface area contributed by atoms with Gasteiger partial charge in [0.05, 0.1) is 7.11 Å². The highest BCUT2D eigenvalue weighted by atomic mass is 35.5. The number of hydrogen-bond donors (Lipinski definition) is 0. The molecule has 8 nitrogen and oxygen atoms in total. The number of carbonyl (C=O) groups excluding carboxylic acids is 1. The van der Waals surface area contributed by atoms with E-state index in [1.165, 1.54) is 21.3 Å². The minimum absolute atomic E-state index is 0.0303. The Labute approximate surface area is 179 Å². The van der Waals surface area contributed by atoms with Gasteiger partial charge in [0.25, 0.3) is 0 Å². The normalized spacial score (nSPS) is 12.4. The molecule has 0 unspecified atom stereocenters. The second-order valence-corrected chi connectivity index (χ2v) is 6.29. The number of nitrogens with zero attached hydrogens (tertiary/aromatic N) is 3. The van der Waals surface area contributed by atoms with Gasteiger partial charge < -0.3 is 19.2 Å². The number of oxime groups is 3. The summed E-state index contributed by atoms with van der Waals surface area (Å²) in [5.74, 6) is -0.624. The monoisotopic (exact) mass is 431 g/mol. The fourth-order valence-electron chi connectivity index (χ4n) is 2.53. The maximum Gasteiger partial charge on any atom is 0.360 e. The van der Waals surface area contributed by atoms with E-state index in [2.05, 4.69) is 15.5 Å². The van der Waals surface area contributed by atoms with E-state index in [0.717, 1.165) is 5.56 Å². The third kappa shape index (κ3) is 6.05. The van der Waals surface area contributed by atoms with Crippen molar-refractivity contribution < 1.29 is 24.0 Å². The Balaban J connectivity index is 2.23. The average Bonchev–Trinajstić information content (AvgIpc) is 2.76. The lowest BCUT2D eigenvalue weighted by atomic mass is 10.0. The Morgan fingerprint density at radius 3 is 2.17 bits per heavy atom. The molecule has 0 aromatic heterocycles. The van der Waals surface area contributed by atoms with Crippen LogP contribution in [0.2, 0.25) is 5.02 Å². The van der Waals surface area contributed by atoms with Gasteiger partial charge in [0.2, 0.25) is 0 Å². The van der Waals surface area contributed by atoms with Crippen molar-refractivity contribution in [2.45, 2.75) is 13.5 Å². The summed E-state index contributed by atoms with van der Waals surface area (Å²) >= 11 is 5.94. The Hall–Kier alpha value is -3.39. The molecule has 0 saturated heterocycles. The first-order valence-corrected chi connectivity index (χ1v) is 9.21. The van der Waals surface area contributed by atoms with Crippen molar-refractivity contribution >= 4 is 34.7 Å². The predicted octanol–water partition coefficient (Wildman–Crippen LogP) is 3.81. The molecule has 0 heterocycles. The quantitative estimate of drug-likeness (QED) is 0.342. The molecule has 0 amide bonds. The molecule has 2 aromatic carbocycles. The Morgan fingerprint density at radius 1 is 0.900 bits per heavy atom. The molecule has 158 valence electrons. The van der Waals surface area contributed by atoms with Gasteiger partial charge in [0.1, 0.15) is 32.2 Å². The lowest BCUT2D eigenvalue weighted by molar-refractivity contribution is -0.132. The second-order valence-electron chi connectivity index (χ2n) is 5.85. The highest BCUT2D eigenvalue weighted by Crippen LogP contribution is 2.15. The molecule has 0 aliphatic rings. The van der Waals surface area contributed by atoms with Crippen LogP contribution in [-0.2, 0) is 30.7 Å². The lowest BCUT2D eigenvalue weighted by Crippen LogP contribution is -2.19. The number of methoxy groups -OCH3 is 1. The van der Waals surface area contributed by atoms with Crippen LogP contribution in [0.15, 0.2) is 64.0 Å². The third-order valence-electron chi connectivity index (χ3n) is 3.90. The first-order chi connectivity index (χ1) is 14.5. The van der Waals surface area contributed by atoms with Crippen LogP contribution >= 0.6 is 11.6 Å². The van der Waals surface area contributed by atoms with Crippen molar-refractivity contribution in [3.05, 3.63) is 70.2 Å². The number of benzene rings is 2. The number of rotatable bonds is 9. The van der Waals surface area contributed by atoms with Crippen LogP contribution in [0.25, 0.3) is 0 Å². The van der Waals surface area contributed by atoms with Crippen molar-refractivity contribution in [1.29, 1.82) is 0 Å². The molecule has 2 rings (SSSR count). The van der Waals surface area contributed by atoms with Gasteiger partial charge in [-0.1, -0.05) is 63.5 Å². The molecule has 0 aliphatic carbocycles. The van der Waals surface area contributed by atoms with Gasteiger partial charge in [-0.2, -0.15) is 0 Å². The van der Waals surface area contributed by atoms with Crippen molar-refractivity contribution in [1.82, 2.24) is 0 Å². The van der Waals surface area contributed by atoms with E-state index in [4.69, 9.17) is 30.9 Å². The van der Waals surface area contributed by atoms with E-state index in [9.17, 15) is 4.79 Å². The number of halogens is 1. The maximum atomic E-state index is 12.0. The highest BCUT2D eigenvalue weighted by molar-refractivity contribution is 6.47. The Bertz CT molecular complexity index is 955. The van der Waals surface area contributed by atoms with Crippen LogP contribution in [0, 0.1) is 0 Å². The van der Waals surface area contributed by atoms with Crippen LogP contribution < -0.4 is 0 Å². The van der Waals surface area contributed by atoms with Gasteiger partial charge in [-0.3, -0.25) is 0 Å². The molecular weight excluding hydrogens is 410 g/mol. The minimum Gasteiger partial charge on any atom is -0.464 e. The number of hydrogen-bond acceptors (Lipinski definition) is 8. The SMILES string of the molecule is CON=C(C(C)=NOCc1ccccc1C(=NOC)C(=O)OC)c1ccc(Cl)cc1. The van der Waals surface area contributed by atoms with Crippen LogP contribution in [0.4, 0.5) is 0 Å². The second kappa shape index (κ2) is 11.6. The molecule has 0 radical (unpaired) electrons. The molecule has 0 fully saturated rings. The standard InChI is InChI=1S/C21H22ClN3O5/c1-14(19(24-28-3)15-9-11-17(22)12-10-15)23-30-13-16-7-5-6-8-18(16)20(25-29-4)21(26)27-2/h5-12H,13H2,1-4H3. The van der Waals surface area contributed by atoms with E-state index in [1.807, 2.05) is 6.07 Å². The summed E-state index contributed by atoms with van der Waals surface area (Å²) in [5, 5.41) is 12.5. The third-order valence-corrected chi connectivity index (χ3v) is 4.15. The molecule has 0 atom stereocenters. The van der Waals surface area contributed by atoms with Gasteiger partial charge >= 0.3 is 5.97 Å². The van der Waals surface area contributed by atoms with Gasteiger partial charge in [-0.25, -0.2) is 4.79 Å². The summed E-state index contributed by atoms with van der Waals surface area (Å²) in [7, 11) is 4.07. The van der Waals surface area contributed by atoms with E-state index in [1.54, 1.807) is 49.4 Å². The van der Waals surface area contributed by atoms with E-state index in [0.29, 0.717) is 27.6 Å². The zero-order valence-electron chi connectivity index (χ0n) is 17.1. The molecule has 2 aromatic rings. The van der Waals surface area contributed by atoms with Gasteiger partial charge in [-0.05, 0) is 19.1 Å². The molecule has 0 saturated carbocycles. The van der Waals surface area contributed by atoms with Gasteiger partial charge in [0.15, 0.2) is 5.71 Å². The molecule has 0 N–H and O–H groups in total. The zero-order valence-corrected chi connectivity index (χ0v) is 17.8. The molecular formula is C21H22ClN3O5. The summed E-state index contributed by atoms with van der Waals surface area (Å²) in [5.41, 5.74) is 2.98. The largest absolute Gasteiger partial charge is 0.464 e. The fraction of sp³-hybridized carbons (Fsp3) is 0.238. The summed E-state index contributed by atoms with van der Waals surface area (Å²) in [4.78, 5) is 27.3. The molecule has 30 heavy (non-hydrogen) atoms. The van der Waals surface area contributed by atoms with E-state index < -0.39 is 5.97 Å². The summed E-state index contributed by atoms with van der Waals surface area (Å²) in [6, 6.07) is 14.2. The summed E-state index contributed by atoms with van der Waals surface area (Å²) in [6.07, 6.45) is 0. The van der Waals surface area contributed by atoms with Crippen molar-refractivity contribution in [2.75, 3.05) is 21.3 Å².